The molecule has 7 heteroatoms. The van der Waals surface area contributed by atoms with Crippen LogP contribution in [-0.4, -0.2) is 31.8 Å². The molecule has 1 aliphatic heterocycles. The van der Waals surface area contributed by atoms with Gasteiger partial charge in [-0.05, 0) is 36.8 Å². The zero-order valence-corrected chi connectivity index (χ0v) is 15.9. The van der Waals surface area contributed by atoms with E-state index in [1.807, 2.05) is 6.92 Å². The van der Waals surface area contributed by atoms with Gasteiger partial charge in [0.1, 0.15) is 0 Å². The van der Waals surface area contributed by atoms with Gasteiger partial charge >= 0.3 is 5.97 Å². The number of benzene rings is 2. The highest BCUT2D eigenvalue weighted by Crippen LogP contribution is 2.48. The Kier molecular flexibility index (Phi) is 5.18. The smallest absolute Gasteiger partial charge is 0.330 e. The van der Waals surface area contributed by atoms with Gasteiger partial charge < -0.3 is 4.74 Å². The Morgan fingerprint density at radius 2 is 1.73 bits per heavy atom. The molecule has 2 aromatic rings. The Morgan fingerprint density at radius 3 is 2.31 bits per heavy atom. The second kappa shape index (κ2) is 7.23. The third-order valence-corrected chi connectivity index (χ3v) is 6.39. The van der Waals surface area contributed by atoms with Crippen LogP contribution in [0.25, 0.3) is 0 Å². The molecule has 136 valence electrons. The van der Waals surface area contributed by atoms with Crippen molar-refractivity contribution in [1.82, 2.24) is 4.31 Å². The van der Waals surface area contributed by atoms with Gasteiger partial charge in [0.2, 0.25) is 10.0 Å². The Bertz CT molecular complexity index is 937. The van der Waals surface area contributed by atoms with Crippen LogP contribution in [-0.2, 0) is 19.6 Å². The van der Waals surface area contributed by atoms with Crippen LogP contribution < -0.4 is 0 Å². The molecule has 1 fully saturated rings. The average Bonchev–Trinajstić information content (AvgIpc) is 3.36. The van der Waals surface area contributed by atoms with Gasteiger partial charge in [-0.3, -0.25) is 0 Å². The number of methoxy groups -OCH3 is 1. The zero-order chi connectivity index (χ0) is 18.9. The summed E-state index contributed by atoms with van der Waals surface area (Å²) in [6.45, 7) is 1.90. The number of carbonyl (C=O) groups excluding carboxylic acids is 1. The molecule has 3 unspecified atom stereocenters. The first kappa shape index (κ1) is 18.6. The molecule has 0 aromatic heterocycles. The van der Waals surface area contributed by atoms with Gasteiger partial charge in [-0.15, -0.1) is 0 Å². The topological polar surface area (TPSA) is 63.5 Å². The van der Waals surface area contributed by atoms with Crippen molar-refractivity contribution in [2.75, 3.05) is 7.11 Å². The third kappa shape index (κ3) is 3.67. The zero-order valence-electron chi connectivity index (χ0n) is 14.3. The number of hydrogen-bond donors (Lipinski definition) is 0. The van der Waals surface area contributed by atoms with Crippen LogP contribution in [0.15, 0.2) is 65.6 Å². The van der Waals surface area contributed by atoms with Crippen molar-refractivity contribution in [3.8, 4) is 0 Å². The molecular formula is C19H18ClNO4S. The number of nitrogens with zero attached hydrogens (tertiary/aromatic N) is 1. The highest BCUT2D eigenvalue weighted by atomic mass is 35.5. The number of ether oxygens (including phenoxy) is 1. The van der Waals surface area contributed by atoms with Crippen LogP contribution in [0, 0.1) is 6.92 Å². The number of aryl methyl sites for hydroxylation is 1. The Hall–Kier alpha value is -2.15. The molecule has 0 saturated carbocycles. The molecule has 0 aliphatic carbocycles. The number of hydrogen-bond acceptors (Lipinski definition) is 4. The van der Waals surface area contributed by atoms with E-state index < -0.39 is 22.0 Å². The summed E-state index contributed by atoms with van der Waals surface area (Å²) < 4.78 is 32.0. The van der Waals surface area contributed by atoms with Crippen LogP contribution >= 0.6 is 11.6 Å². The van der Waals surface area contributed by atoms with Crippen molar-refractivity contribution in [2.45, 2.75) is 23.9 Å². The fourth-order valence-corrected chi connectivity index (χ4v) is 4.66. The van der Waals surface area contributed by atoms with Crippen molar-refractivity contribution in [3.05, 3.63) is 76.8 Å². The van der Waals surface area contributed by atoms with E-state index in [9.17, 15) is 13.2 Å². The third-order valence-electron chi connectivity index (χ3n) is 4.24. The van der Waals surface area contributed by atoms with E-state index in [0.717, 1.165) is 11.1 Å². The van der Waals surface area contributed by atoms with E-state index >= 15 is 0 Å². The van der Waals surface area contributed by atoms with Crippen molar-refractivity contribution >= 4 is 27.6 Å². The van der Waals surface area contributed by atoms with E-state index in [2.05, 4.69) is 4.74 Å². The van der Waals surface area contributed by atoms with E-state index in [1.54, 1.807) is 54.6 Å². The van der Waals surface area contributed by atoms with Gasteiger partial charge in [-0.25, -0.2) is 13.2 Å². The van der Waals surface area contributed by atoms with Crippen LogP contribution in [0.5, 0.6) is 0 Å². The van der Waals surface area contributed by atoms with Crippen molar-refractivity contribution in [2.24, 2.45) is 0 Å². The van der Waals surface area contributed by atoms with Gasteiger partial charge in [-0.2, -0.15) is 4.31 Å². The van der Waals surface area contributed by atoms with E-state index in [-0.39, 0.29) is 10.9 Å². The maximum Gasteiger partial charge on any atom is 0.330 e. The Morgan fingerprint density at radius 1 is 1.12 bits per heavy atom. The fraction of sp³-hybridized carbons (Fsp3) is 0.211. The Balaban J connectivity index is 1.96. The molecule has 2 aromatic carbocycles. The monoisotopic (exact) mass is 391 g/mol. The molecule has 26 heavy (non-hydrogen) atoms. The second-order valence-electron chi connectivity index (χ2n) is 6.02. The highest BCUT2D eigenvalue weighted by molar-refractivity contribution is 7.89. The van der Waals surface area contributed by atoms with Crippen LogP contribution in [0.1, 0.15) is 17.2 Å². The molecule has 5 nitrogen and oxygen atoms in total. The molecule has 1 aliphatic rings. The number of halogens is 1. The first-order valence-corrected chi connectivity index (χ1v) is 9.78. The lowest BCUT2D eigenvalue weighted by Crippen LogP contribution is -2.14. The van der Waals surface area contributed by atoms with Crippen molar-refractivity contribution in [1.29, 1.82) is 0 Å². The fourth-order valence-electron chi connectivity index (χ4n) is 2.81. The standard InChI is InChI=1S/C19H18ClNO4S/c1-13-3-9-16(10-4-13)26(23,24)21-17(11-12-18(22)25-2)19(21)14-5-7-15(20)8-6-14/h3-12,17,19H,1-2H3/b12-11+. The molecule has 1 saturated heterocycles. The average molecular weight is 392 g/mol. The highest BCUT2D eigenvalue weighted by Gasteiger charge is 2.54. The minimum absolute atomic E-state index is 0.219. The van der Waals surface area contributed by atoms with Crippen LogP contribution in [0.2, 0.25) is 5.02 Å². The predicted molar refractivity (Wildman–Crippen MR) is 99.3 cm³/mol. The summed E-state index contributed by atoms with van der Waals surface area (Å²) in [6.07, 6.45) is 2.80. The minimum atomic E-state index is -3.70. The lowest BCUT2D eigenvalue weighted by atomic mass is 10.1. The molecule has 0 N–H and O–H groups in total. The number of rotatable bonds is 5. The quantitative estimate of drug-likeness (QED) is 0.444. The first-order valence-electron chi connectivity index (χ1n) is 7.96. The molecule has 1 heterocycles. The molecule has 3 rings (SSSR count). The van der Waals surface area contributed by atoms with Gasteiger partial charge in [0, 0.05) is 11.1 Å². The summed E-state index contributed by atoms with van der Waals surface area (Å²) in [5, 5.41) is 0.573. The summed E-state index contributed by atoms with van der Waals surface area (Å²) in [6, 6.07) is 12.8. The molecule has 3 atom stereocenters. The predicted octanol–water partition coefficient (Wildman–Crippen LogP) is 3.49. The molecule has 0 radical (unpaired) electrons. The maximum absolute atomic E-state index is 13.0. The second-order valence-corrected chi connectivity index (χ2v) is 8.30. The van der Waals surface area contributed by atoms with Crippen LogP contribution in [0.3, 0.4) is 0 Å². The van der Waals surface area contributed by atoms with Gasteiger partial charge in [0.25, 0.3) is 0 Å². The summed E-state index contributed by atoms with van der Waals surface area (Å²) in [5.41, 5.74) is 1.79. The van der Waals surface area contributed by atoms with E-state index in [1.165, 1.54) is 17.5 Å². The molecule has 0 spiro atoms. The van der Waals surface area contributed by atoms with Crippen LogP contribution in [0.4, 0.5) is 0 Å². The molecular weight excluding hydrogens is 374 g/mol. The largest absolute Gasteiger partial charge is 0.466 e. The summed E-state index contributed by atoms with van der Waals surface area (Å²) >= 11 is 5.92. The van der Waals surface area contributed by atoms with Crippen molar-refractivity contribution < 1.29 is 17.9 Å². The van der Waals surface area contributed by atoms with E-state index in [4.69, 9.17) is 11.6 Å². The lowest BCUT2D eigenvalue weighted by Gasteiger charge is -2.07. The number of sulfonamides is 1. The van der Waals surface area contributed by atoms with E-state index in [0.29, 0.717) is 5.02 Å². The van der Waals surface area contributed by atoms with Gasteiger partial charge in [0.05, 0.1) is 24.1 Å². The molecule has 0 amide bonds. The SMILES string of the molecule is COC(=O)/C=C/C1C(c2ccc(Cl)cc2)N1S(=O)(=O)c1ccc(C)cc1. The molecule has 0 bridgehead atoms. The van der Waals surface area contributed by atoms with Crippen molar-refractivity contribution in [3.63, 3.8) is 0 Å². The summed E-state index contributed by atoms with van der Waals surface area (Å²) in [4.78, 5) is 11.6. The van der Waals surface area contributed by atoms with Gasteiger partial charge in [0.15, 0.2) is 0 Å². The summed E-state index contributed by atoms with van der Waals surface area (Å²) in [5.74, 6) is -0.528. The number of carbonyl (C=O) groups is 1. The maximum atomic E-state index is 13.0. The normalized spacial score (nSPS) is 22.3. The number of esters is 1. The minimum Gasteiger partial charge on any atom is -0.466 e. The van der Waals surface area contributed by atoms with Gasteiger partial charge in [-0.1, -0.05) is 47.5 Å². The Labute approximate surface area is 157 Å². The summed E-state index contributed by atoms with van der Waals surface area (Å²) in [7, 11) is -2.42. The first-order chi connectivity index (χ1) is 12.3. The lowest BCUT2D eigenvalue weighted by molar-refractivity contribution is -0.134.